The fourth-order valence-electron chi connectivity index (χ4n) is 1.61. The Morgan fingerprint density at radius 2 is 2.29 bits per heavy atom. The molecule has 0 radical (unpaired) electrons. The van der Waals surface area contributed by atoms with E-state index in [2.05, 4.69) is 0 Å². The van der Waals surface area contributed by atoms with Crippen molar-refractivity contribution in [2.75, 3.05) is 6.61 Å². The van der Waals surface area contributed by atoms with Crippen LogP contribution in [-0.2, 0) is 9.53 Å². The van der Waals surface area contributed by atoms with Crippen LogP contribution in [0.25, 0.3) is 0 Å². The van der Waals surface area contributed by atoms with Crippen molar-refractivity contribution in [1.82, 2.24) is 0 Å². The van der Waals surface area contributed by atoms with Gasteiger partial charge in [0, 0.05) is 11.6 Å². The molecule has 2 unspecified atom stereocenters. The Labute approximate surface area is 104 Å². The van der Waals surface area contributed by atoms with E-state index in [0.29, 0.717) is 12.4 Å². The molecule has 0 bridgehead atoms. The van der Waals surface area contributed by atoms with E-state index in [1.807, 2.05) is 13.8 Å². The van der Waals surface area contributed by atoms with Gasteiger partial charge in [0.05, 0.1) is 6.61 Å². The summed E-state index contributed by atoms with van der Waals surface area (Å²) in [5.41, 5.74) is 0.437. The number of carbonyl (C=O) groups is 1. The molecule has 0 amide bonds. The maximum Gasteiger partial charge on any atom is 0.320 e. The first-order chi connectivity index (χ1) is 8.11. The molecule has 17 heavy (non-hydrogen) atoms. The summed E-state index contributed by atoms with van der Waals surface area (Å²) >= 11 is 1.44. The summed E-state index contributed by atoms with van der Waals surface area (Å²) in [6, 6.07) is 4.83. The Bertz CT molecular complexity index is 433. The molecule has 1 aromatic carbocycles. The number of phenolic OH excluding ortho intramolecular Hbond substituents is 1. The molecule has 1 aliphatic heterocycles. The van der Waals surface area contributed by atoms with E-state index >= 15 is 0 Å². The van der Waals surface area contributed by atoms with Crippen LogP contribution >= 0.6 is 11.8 Å². The number of thioether (sulfide) groups is 1. The summed E-state index contributed by atoms with van der Waals surface area (Å²) in [5.74, 6) is 0.488. The largest absolute Gasteiger partial charge is 0.508 e. The van der Waals surface area contributed by atoms with Crippen molar-refractivity contribution in [1.29, 1.82) is 0 Å². The average molecular weight is 254 g/mol. The number of hydrogen-bond donors (Lipinski definition) is 1. The van der Waals surface area contributed by atoms with Crippen molar-refractivity contribution in [3.05, 3.63) is 23.8 Å². The van der Waals surface area contributed by atoms with Crippen LogP contribution in [0.15, 0.2) is 18.2 Å². The van der Waals surface area contributed by atoms with Crippen LogP contribution in [0.1, 0.15) is 24.8 Å². The minimum absolute atomic E-state index is 0.138. The van der Waals surface area contributed by atoms with Crippen molar-refractivity contribution < 1.29 is 19.4 Å². The molecule has 4 nitrogen and oxygen atoms in total. The van der Waals surface area contributed by atoms with Crippen molar-refractivity contribution in [3.63, 3.8) is 0 Å². The zero-order valence-electron chi connectivity index (χ0n) is 9.67. The normalized spacial score (nSPS) is 23.5. The molecule has 2 rings (SSSR count). The highest BCUT2D eigenvalue weighted by Gasteiger charge is 2.34. The lowest BCUT2D eigenvalue weighted by molar-refractivity contribution is -0.142. The third-order valence-corrected chi connectivity index (χ3v) is 3.63. The number of carbonyl (C=O) groups excluding carboxylic acids is 1. The SMILES string of the molecule is CCOc1cc(O)ccc1C1OC(=O)C(C)S1. The van der Waals surface area contributed by atoms with Crippen molar-refractivity contribution in [3.8, 4) is 11.5 Å². The Kier molecular flexibility index (Phi) is 3.47. The van der Waals surface area contributed by atoms with Gasteiger partial charge < -0.3 is 14.6 Å². The van der Waals surface area contributed by atoms with E-state index < -0.39 is 0 Å². The minimum Gasteiger partial charge on any atom is -0.508 e. The van der Waals surface area contributed by atoms with E-state index in [4.69, 9.17) is 9.47 Å². The molecule has 0 spiro atoms. The smallest absolute Gasteiger partial charge is 0.320 e. The fraction of sp³-hybridized carbons (Fsp3) is 0.417. The molecular weight excluding hydrogens is 240 g/mol. The summed E-state index contributed by atoms with van der Waals surface area (Å²) < 4.78 is 10.7. The van der Waals surface area contributed by atoms with Crippen molar-refractivity contribution >= 4 is 17.7 Å². The van der Waals surface area contributed by atoms with Crippen LogP contribution < -0.4 is 4.74 Å². The van der Waals surface area contributed by atoms with Crippen molar-refractivity contribution in [2.45, 2.75) is 24.5 Å². The number of aromatic hydroxyl groups is 1. The van der Waals surface area contributed by atoms with Crippen LogP contribution in [-0.4, -0.2) is 22.9 Å². The number of phenols is 1. The first-order valence-corrected chi connectivity index (χ1v) is 6.37. The Morgan fingerprint density at radius 3 is 2.88 bits per heavy atom. The lowest BCUT2D eigenvalue weighted by Crippen LogP contribution is -2.06. The first-order valence-electron chi connectivity index (χ1n) is 5.43. The van der Waals surface area contributed by atoms with Gasteiger partial charge in [0.2, 0.25) is 0 Å². The molecule has 5 heteroatoms. The predicted molar refractivity (Wildman–Crippen MR) is 65.2 cm³/mol. The number of ether oxygens (including phenoxy) is 2. The third kappa shape index (κ3) is 2.49. The van der Waals surface area contributed by atoms with Crippen LogP contribution in [0.4, 0.5) is 0 Å². The van der Waals surface area contributed by atoms with Gasteiger partial charge in [0.1, 0.15) is 16.7 Å². The van der Waals surface area contributed by atoms with Gasteiger partial charge in [-0.25, -0.2) is 0 Å². The van der Waals surface area contributed by atoms with Gasteiger partial charge in [-0.2, -0.15) is 0 Å². The molecule has 1 fully saturated rings. The Hall–Kier alpha value is -1.36. The lowest BCUT2D eigenvalue weighted by Gasteiger charge is -2.14. The molecule has 1 aliphatic rings. The summed E-state index contributed by atoms with van der Waals surface area (Å²) in [4.78, 5) is 11.4. The predicted octanol–water partition coefficient (Wildman–Crippen LogP) is 2.47. The van der Waals surface area contributed by atoms with Gasteiger partial charge in [-0.15, -0.1) is 0 Å². The zero-order valence-corrected chi connectivity index (χ0v) is 10.5. The van der Waals surface area contributed by atoms with Gasteiger partial charge >= 0.3 is 5.97 Å². The topological polar surface area (TPSA) is 55.8 Å². The Balaban J connectivity index is 2.28. The Morgan fingerprint density at radius 1 is 1.53 bits per heavy atom. The lowest BCUT2D eigenvalue weighted by atomic mass is 10.2. The third-order valence-electron chi connectivity index (χ3n) is 2.43. The van der Waals surface area contributed by atoms with Gasteiger partial charge in [-0.05, 0) is 26.0 Å². The summed E-state index contributed by atoms with van der Waals surface area (Å²) in [6.45, 7) is 4.18. The van der Waals surface area contributed by atoms with E-state index in [9.17, 15) is 9.90 Å². The standard InChI is InChI=1S/C12H14O4S/c1-3-15-10-6-8(13)4-5-9(10)12-16-11(14)7(2)17-12/h4-7,12-13H,3H2,1-2H3. The van der Waals surface area contributed by atoms with Crippen molar-refractivity contribution in [2.24, 2.45) is 0 Å². The van der Waals surface area contributed by atoms with Gasteiger partial charge in [-0.3, -0.25) is 4.79 Å². The maximum atomic E-state index is 11.4. The number of esters is 1. The quantitative estimate of drug-likeness (QED) is 0.840. The van der Waals surface area contributed by atoms with E-state index in [0.717, 1.165) is 5.56 Å². The zero-order chi connectivity index (χ0) is 12.4. The van der Waals surface area contributed by atoms with E-state index in [1.54, 1.807) is 12.1 Å². The molecule has 1 heterocycles. The average Bonchev–Trinajstić information content (AvgIpc) is 2.60. The maximum absolute atomic E-state index is 11.4. The molecule has 1 N–H and O–H groups in total. The molecule has 1 saturated heterocycles. The number of rotatable bonds is 3. The highest BCUT2D eigenvalue weighted by atomic mass is 32.2. The van der Waals surface area contributed by atoms with E-state index in [-0.39, 0.29) is 22.4 Å². The molecule has 0 aromatic heterocycles. The molecule has 92 valence electrons. The van der Waals surface area contributed by atoms with E-state index in [1.165, 1.54) is 17.8 Å². The molecule has 0 aliphatic carbocycles. The summed E-state index contributed by atoms with van der Waals surface area (Å²) in [6.07, 6.45) is 0. The number of cyclic esters (lactones) is 1. The van der Waals surface area contributed by atoms with Crippen LogP contribution in [0, 0.1) is 0 Å². The van der Waals surface area contributed by atoms with Gasteiger partial charge in [0.25, 0.3) is 0 Å². The first kappa shape index (κ1) is 12.1. The summed E-state index contributed by atoms with van der Waals surface area (Å²) in [5, 5.41) is 9.25. The fourth-order valence-corrected chi connectivity index (χ4v) is 2.63. The molecule has 1 aromatic rings. The minimum atomic E-state index is -0.348. The highest BCUT2D eigenvalue weighted by molar-refractivity contribution is 8.01. The second-order valence-electron chi connectivity index (χ2n) is 3.70. The van der Waals surface area contributed by atoms with Crippen LogP contribution in [0.3, 0.4) is 0 Å². The summed E-state index contributed by atoms with van der Waals surface area (Å²) in [7, 11) is 0. The van der Waals surface area contributed by atoms with Crippen LogP contribution in [0.5, 0.6) is 11.5 Å². The van der Waals surface area contributed by atoms with Crippen LogP contribution in [0.2, 0.25) is 0 Å². The molecule has 0 saturated carbocycles. The number of hydrogen-bond acceptors (Lipinski definition) is 5. The highest BCUT2D eigenvalue weighted by Crippen LogP contribution is 2.44. The second kappa shape index (κ2) is 4.87. The number of benzene rings is 1. The monoisotopic (exact) mass is 254 g/mol. The van der Waals surface area contributed by atoms with Gasteiger partial charge in [0.15, 0.2) is 5.44 Å². The molecular formula is C12H14O4S. The molecule has 2 atom stereocenters. The van der Waals surface area contributed by atoms with Gasteiger partial charge in [-0.1, -0.05) is 11.8 Å². The second-order valence-corrected chi connectivity index (χ2v) is 5.11.